The highest BCUT2D eigenvalue weighted by molar-refractivity contribution is 5.99. The molecule has 0 spiro atoms. The van der Waals surface area contributed by atoms with E-state index in [-0.39, 0.29) is 23.1 Å². The minimum Gasteiger partial charge on any atom is -0.383 e. The number of fused-ring (bicyclic) bond motifs is 1. The van der Waals surface area contributed by atoms with E-state index < -0.39 is 11.6 Å². The molecule has 0 amide bonds. The third-order valence-corrected chi connectivity index (χ3v) is 4.17. The molecule has 0 fully saturated rings. The Morgan fingerprint density at radius 1 is 1.04 bits per heavy atom. The maximum atomic E-state index is 14.5. The van der Waals surface area contributed by atoms with Crippen molar-refractivity contribution in [1.29, 1.82) is 0 Å². The topological polar surface area (TPSA) is 81.6 Å². The summed E-state index contributed by atoms with van der Waals surface area (Å²) in [4.78, 5) is 8.90. The van der Waals surface area contributed by atoms with E-state index in [0.29, 0.717) is 22.7 Å². The standard InChI is InChI=1S/C20H18F2N6/c1-11(2)24-20-25-17(14-8-3-4-9-15(14)22)16-18(23)28(27-19(16)26-20)13-7-5-6-12(21)10-13/h3-11H,23H2,1-2H3,(H,24,26,27). The van der Waals surface area contributed by atoms with Crippen molar-refractivity contribution in [3.05, 3.63) is 60.2 Å². The van der Waals surface area contributed by atoms with Crippen molar-refractivity contribution in [2.75, 3.05) is 11.1 Å². The smallest absolute Gasteiger partial charge is 0.225 e. The monoisotopic (exact) mass is 380 g/mol. The fourth-order valence-electron chi connectivity index (χ4n) is 2.99. The Kier molecular flexibility index (Phi) is 4.38. The largest absolute Gasteiger partial charge is 0.383 e. The third kappa shape index (κ3) is 3.13. The molecule has 4 aromatic rings. The Balaban J connectivity index is 2.02. The van der Waals surface area contributed by atoms with Crippen LogP contribution in [0.2, 0.25) is 0 Å². The predicted molar refractivity (Wildman–Crippen MR) is 105 cm³/mol. The van der Waals surface area contributed by atoms with Gasteiger partial charge >= 0.3 is 0 Å². The first-order valence-corrected chi connectivity index (χ1v) is 8.77. The second-order valence-corrected chi connectivity index (χ2v) is 6.65. The lowest BCUT2D eigenvalue weighted by Crippen LogP contribution is -2.13. The highest BCUT2D eigenvalue weighted by Gasteiger charge is 2.21. The fraction of sp³-hybridized carbons (Fsp3) is 0.150. The minimum atomic E-state index is -0.434. The van der Waals surface area contributed by atoms with Crippen molar-refractivity contribution >= 4 is 22.8 Å². The molecule has 0 unspecified atom stereocenters. The number of halogens is 2. The summed E-state index contributed by atoms with van der Waals surface area (Å²) >= 11 is 0. The Morgan fingerprint density at radius 2 is 1.82 bits per heavy atom. The first kappa shape index (κ1) is 17.8. The maximum absolute atomic E-state index is 14.5. The second-order valence-electron chi connectivity index (χ2n) is 6.65. The molecule has 0 radical (unpaired) electrons. The number of nitrogens with two attached hydrogens (primary N) is 1. The Labute approximate surface area is 160 Å². The molecule has 2 heterocycles. The lowest BCUT2D eigenvalue weighted by molar-refractivity contribution is 0.625. The van der Waals surface area contributed by atoms with Crippen LogP contribution < -0.4 is 11.1 Å². The summed E-state index contributed by atoms with van der Waals surface area (Å²) in [7, 11) is 0. The SMILES string of the molecule is CC(C)Nc1nc(-c2ccccc2F)c2c(N)n(-c3cccc(F)c3)nc2n1. The van der Waals surface area contributed by atoms with Crippen LogP contribution in [0.15, 0.2) is 48.5 Å². The van der Waals surface area contributed by atoms with Gasteiger partial charge in [0, 0.05) is 11.6 Å². The molecule has 4 rings (SSSR count). The van der Waals surface area contributed by atoms with Crippen molar-refractivity contribution < 1.29 is 8.78 Å². The number of aromatic nitrogens is 4. The summed E-state index contributed by atoms with van der Waals surface area (Å²) < 4.78 is 29.6. The predicted octanol–water partition coefficient (Wildman–Crippen LogP) is 4.16. The summed E-state index contributed by atoms with van der Waals surface area (Å²) in [5.41, 5.74) is 7.65. The van der Waals surface area contributed by atoms with E-state index in [2.05, 4.69) is 20.4 Å². The molecule has 2 aromatic heterocycles. The van der Waals surface area contributed by atoms with Gasteiger partial charge < -0.3 is 11.1 Å². The quantitative estimate of drug-likeness (QED) is 0.555. The summed E-state index contributed by atoms with van der Waals surface area (Å²) in [6.45, 7) is 3.88. The first-order chi connectivity index (χ1) is 13.4. The molecule has 8 heteroatoms. The van der Waals surface area contributed by atoms with E-state index in [1.54, 1.807) is 30.3 Å². The zero-order valence-corrected chi connectivity index (χ0v) is 15.3. The van der Waals surface area contributed by atoms with Gasteiger partial charge in [0.2, 0.25) is 5.95 Å². The van der Waals surface area contributed by atoms with Gasteiger partial charge in [0.1, 0.15) is 17.5 Å². The first-order valence-electron chi connectivity index (χ1n) is 8.77. The summed E-state index contributed by atoms with van der Waals surface area (Å²) in [5.74, 6) is -0.338. The van der Waals surface area contributed by atoms with Crippen LogP contribution >= 0.6 is 0 Å². The molecule has 0 atom stereocenters. The van der Waals surface area contributed by atoms with Crippen LogP contribution in [0.25, 0.3) is 28.0 Å². The molecule has 3 N–H and O–H groups in total. The number of hydrogen-bond donors (Lipinski definition) is 2. The van der Waals surface area contributed by atoms with Crippen LogP contribution in [0.3, 0.4) is 0 Å². The van der Waals surface area contributed by atoms with E-state index in [1.807, 2.05) is 13.8 Å². The molecule has 0 aliphatic rings. The van der Waals surface area contributed by atoms with Gasteiger partial charge in [0.05, 0.1) is 16.8 Å². The van der Waals surface area contributed by atoms with Crippen molar-refractivity contribution in [3.63, 3.8) is 0 Å². The van der Waals surface area contributed by atoms with Gasteiger partial charge in [-0.3, -0.25) is 0 Å². The van der Waals surface area contributed by atoms with E-state index in [4.69, 9.17) is 5.73 Å². The lowest BCUT2D eigenvalue weighted by Gasteiger charge is -2.11. The molecular formula is C20H18F2N6. The average molecular weight is 380 g/mol. The Morgan fingerprint density at radius 3 is 2.54 bits per heavy atom. The number of nitrogens with zero attached hydrogens (tertiary/aromatic N) is 4. The number of hydrogen-bond acceptors (Lipinski definition) is 5. The third-order valence-electron chi connectivity index (χ3n) is 4.17. The minimum absolute atomic E-state index is 0.0635. The van der Waals surface area contributed by atoms with Crippen LogP contribution in [0.5, 0.6) is 0 Å². The van der Waals surface area contributed by atoms with Crippen molar-refractivity contribution in [2.24, 2.45) is 0 Å². The normalized spacial score (nSPS) is 11.3. The van der Waals surface area contributed by atoms with Crippen LogP contribution in [-0.4, -0.2) is 25.8 Å². The van der Waals surface area contributed by atoms with Gasteiger partial charge in [0.25, 0.3) is 0 Å². The second kappa shape index (κ2) is 6.88. The fourth-order valence-corrected chi connectivity index (χ4v) is 2.99. The average Bonchev–Trinajstić information content (AvgIpc) is 2.98. The highest BCUT2D eigenvalue weighted by atomic mass is 19.1. The van der Waals surface area contributed by atoms with Crippen LogP contribution in [0, 0.1) is 11.6 Å². The van der Waals surface area contributed by atoms with Gasteiger partial charge in [-0.05, 0) is 44.2 Å². The van der Waals surface area contributed by atoms with Gasteiger partial charge in [-0.1, -0.05) is 18.2 Å². The number of nitrogens with one attached hydrogen (secondary N) is 1. The Hall–Kier alpha value is -3.55. The summed E-state index contributed by atoms with van der Waals surface area (Å²) in [6, 6.07) is 12.2. The number of benzene rings is 2. The molecule has 6 nitrogen and oxygen atoms in total. The van der Waals surface area contributed by atoms with Crippen molar-refractivity contribution in [1.82, 2.24) is 19.7 Å². The highest BCUT2D eigenvalue weighted by Crippen LogP contribution is 2.34. The molecular weight excluding hydrogens is 362 g/mol. The lowest BCUT2D eigenvalue weighted by atomic mass is 10.1. The summed E-state index contributed by atoms with van der Waals surface area (Å²) in [5, 5.41) is 7.93. The molecule has 142 valence electrons. The number of nitrogen functional groups attached to an aromatic ring is 1. The van der Waals surface area contributed by atoms with Crippen molar-refractivity contribution in [2.45, 2.75) is 19.9 Å². The zero-order valence-electron chi connectivity index (χ0n) is 15.3. The summed E-state index contributed by atoms with van der Waals surface area (Å²) in [6.07, 6.45) is 0. The van der Waals surface area contributed by atoms with E-state index in [9.17, 15) is 8.78 Å². The van der Waals surface area contributed by atoms with E-state index in [1.165, 1.54) is 22.9 Å². The molecule has 0 saturated carbocycles. The number of rotatable bonds is 4. The molecule has 0 aliphatic heterocycles. The molecule has 2 aromatic carbocycles. The van der Waals surface area contributed by atoms with Gasteiger partial charge in [-0.2, -0.15) is 4.98 Å². The van der Waals surface area contributed by atoms with Crippen LogP contribution in [0.1, 0.15) is 13.8 Å². The molecule has 28 heavy (non-hydrogen) atoms. The van der Waals surface area contributed by atoms with E-state index in [0.717, 1.165) is 0 Å². The van der Waals surface area contributed by atoms with Crippen LogP contribution in [0.4, 0.5) is 20.5 Å². The van der Waals surface area contributed by atoms with Gasteiger partial charge in [0.15, 0.2) is 5.65 Å². The maximum Gasteiger partial charge on any atom is 0.225 e. The van der Waals surface area contributed by atoms with Gasteiger partial charge in [-0.25, -0.2) is 18.4 Å². The molecule has 0 saturated heterocycles. The number of anilines is 2. The molecule has 0 aliphatic carbocycles. The van der Waals surface area contributed by atoms with Crippen molar-refractivity contribution in [3.8, 4) is 16.9 Å². The van der Waals surface area contributed by atoms with Crippen LogP contribution in [-0.2, 0) is 0 Å². The zero-order chi connectivity index (χ0) is 19.8. The molecule has 0 bridgehead atoms. The van der Waals surface area contributed by atoms with Gasteiger partial charge in [-0.15, -0.1) is 5.10 Å². The Bertz CT molecular complexity index is 1170. The van der Waals surface area contributed by atoms with E-state index >= 15 is 0 Å².